The number of piperazine rings is 1. The number of nitrogens with zero attached hydrogens (tertiary/aromatic N) is 2. The maximum Gasteiger partial charge on any atom is 0.123 e. The van der Waals surface area contributed by atoms with Crippen molar-refractivity contribution in [1.29, 1.82) is 5.26 Å². The Kier molecular flexibility index (Phi) is 4.89. The van der Waals surface area contributed by atoms with E-state index in [0.717, 1.165) is 26.2 Å². The molecule has 1 saturated heterocycles. The number of hydrogen-bond acceptors (Lipinski definition) is 4. The Bertz CT molecular complexity index is 472. The molecule has 1 aliphatic heterocycles. The monoisotopic (exact) mass is 299 g/mol. The molecule has 1 atom stereocenters. The molecule has 1 aromatic carbocycles. The molecule has 0 spiro atoms. The van der Waals surface area contributed by atoms with Crippen LogP contribution in [-0.4, -0.2) is 36.2 Å². The number of aromatic hydroxyl groups is 1. The molecule has 0 bridgehead atoms. The van der Waals surface area contributed by atoms with E-state index >= 15 is 0 Å². The minimum Gasteiger partial charge on any atom is -0.507 e. The average Bonchev–Trinajstić information content (AvgIpc) is 2.37. The average molecular weight is 300 g/mol. The minimum atomic E-state index is -0.197. The van der Waals surface area contributed by atoms with Crippen LogP contribution in [0, 0.1) is 11.3 Å². The number of phenols is 1. The van der Waals surface area contributed by atoms with Crippen molar-refractivity contribution in [3.05, 3.63) is 27.7 Å². The topological polar surface area (TPSA) is 59.3 Å². The van der Waals surface area contributed by atoms with Crippen LogP contribution in [0.15, 0.2) is 12.1 Å². The highest BCUT2D eigenvalue weighted by molar-refractivity contribution is 6.35. The van der Waals surface area contributed by atoms with Crippen molar-refractivity contribution in [2.24, 2.45) is 0 Å². The van der Waals surface area contributed by atoms with E-state index < -0.39 is 0 Å². The summed E-state index contributed by atoms with van der Waals surface area (Å²) in [6, 6.07) is 5.04. The Morgan fingerprint density at radius 2 is 2.05 bits per heavy atom. The van der Waals surface area contributed by atoms with Gasteiger partial charge in [0.15, 0.2) is 0 Å². The van der Waals surface area contributed by atoms with Crippen molar-refractivity contribution in [3.63, 3.8) is 0 Å². The van der Waals surface area contributed by atoms with Gasteiger partial charge in [0.2, 0.25) is 0 Å². The predicted octanol–water partition coefficient (Wildman–Crippen LogP) is 2.56. The number of phenolic OH excluding ortho intramolecular Hbond substituents is 1. The molecule has 0 unspecified atom stereocenters. The lowest BCUT2D eigenvalue weighted by atomic mass is 10.0. The van der Waals surface area contributed by atoms with Gasteiger partial charge in [-0.2, -0.15) is 5.26 Å². The summed E-state index contributed by atoms with van der Waals surface area (Å²) in [5.41, 5.74) is 0.592. The van der Waals surface area contributed by atoms with E-state index in [4.69, 9.17) is 28.5 Å². The van der Waals surface area contributed by atoms with Crippen LogP contribution >= 0.6 is 23.2 Å². The Morgan fingerprint density at radius 1 is 1.37 bits per heavy atom. The molecular weight excluding hydrogens is 285 g/mol. The summed E-state index contributed by atoms with van der Waals surface area (Å²) in [5, 5.41) is 23.2. The lowest BCUT2D eigenvalue weighted by Gasteiger charge is -2.34. The SMILES string of the molecule is N#CC[C@H](c1c(O)cc(Cl)cc1Cl)N1CCNCC1. The molecule has 1 fully saturated rings. The zero-order valence-corrected chi connectivity index (χ0v) is 11.9. The summed E-state index contributed by atoms with van der Waals surface area (Å²) < 4.78 is 0. The fourth-order valence-electron chi connectivity index (χ4n) is 2.40. The zero-order chi connectivity index (χ0) is 13.8. The Morgan fingerprint density at radius 3 is 2.63 bits per heavy atom. The van der Waals surface area contributed by atoms with Crippen molar-refractivity contribution in [3.8, 4) is 11.8 Å². The van der Waals surface area contributed by atoms with E-state index in [2.05, 4.69) is 16.3 Å². The minimum absolute atomic E-state index is 0.0521. The van der Waals surface area contributed by atoms with Gasteiger partial charge in [0.05, 0.1) is 23.6 Å². The van der Waals surface area contributed by atoms with Crippen LogP contribution in [-0.2, 0) is 0 Å². The second kappa shape index (κ2) is 6.44. The number of rotatable bonds is 3. The first kappa shape index (κ1) is 14.4. The van der Waals surface area contributed by atoms with E-state index in [0.29, 0.717) is 15.6 Å². The van der Waals surface area contributed by atoms with Crippen LogP contribution in [0.3, 0.4) is 0 Å². The molecule has 0 amide bonds. The van der Waals surface area contributed by atoms with Crippen LogP contribution in [0.4, 0.5) is 0 Å². The maximum absolute atomic E-state index is 10.1. The lowest BCUT2D eigenvalue weighted by molar-refractivity contribution is 0.173. The summed E-state index contributed by atoms with van der Waals surface area (Å²) in [4.78, 5) is 2.16. The van der Waals surface area contributed by atoms with Crippen LogP contribution in [0.2, 0.25) is 10.0 Å². The normalized spacial score (nSPS) is 17.9. The second-order valence-electron chi connectivity index (χ2n) is 4.48. The largest absolute Gasteiger partial charge is 0.507 e. The summed E-state index contributed by atoms with van der Waals surface area (Å²) in [5.74, 6) is 0.0521. The molecule has 0 radical (unpaired) electrons. The first-order valence-electron chi connectivity index (χ1n) is 6.13. The number of hydrogen-bond donors (Lipinski definition) is 2. The Hall–Kier alpha value is -0.990. The van der Waals surface area contributed by atoms with Crippen LogP contribution in [0.25, 0.3) is 0 Å². The molecule has 2 N–H and O–H groups in total. The van der Waals surface area contributed by atoms with E-state index in [1.165, 1.54) is 6.07 Å². The quantitative estimate of drug-likeness (QED) is 0.900. The molecule has 19 heavy (non-hydrogen) atoms. The summed E-state index contributed by atoms with van der Waals surface area (Å²) in [7, 11) is 0. The van der Waals surface area contributed by atoms with Gasteiger partial charge in [-0.1, -0.05) is 23.2 Å². The van der Waals surface area contributed by atoms with Crippen molar-refractivity contribution in [2.75, 3.05) is 26.2 Å². The number of nitriles is 1. The molecule has 4 nitrogen and oxygen atoms in total. The van der Waals surface area contributed by atoms with Gasteiger partial charge in [-0.3, -0.25) is 4.90 Å². The molecule has 6 heteroatoms. The highest BCUT2D eigenvalue weighted by Gasteiger charge is 2.26. The highest BCUT2D eigenvalue weighted by Crippen LogP contribution is 2.38. The van der Waals surface area contributed by atoms with Gasteiger partial charge >= 0.3 is 0 Å². The molecular formula is C13H15Cl2N3O. The molecule has 0 aliphatic carbocycles. The number of nitrogens with one attached hydrogen (secondary N) is 1. The van der Waals surface area contributed by atoms with E-state index in [1.807, 2.05) is 0 Å². The van der Waals surface area contributed by atoms with Gasteiger partial charge in [-0.15, -0.1) is 0 Å². The molecule has 1 aliphatic rings. The van der Waals surface area contributed by atoms with Gasteiger partial charge in [0, 0.05) is 36.8 Å². The maximum atomic E-state index is 10.1. The standard InChI is InChI=1S/C13H15Cl2N3O/c14-9-7-10(15)13(12(19)8-9)11(1-2-16)18-5-3-17-4-6-18/h7-8,11,17,19H,1,3-6H2/t11-/m1/s1. The van der Waals surface area contributed by atoms with Crippen LogP contribution < -0.4 is 5.32 Å². The fraction of sp³-hybridized carbons (Fsp3) is 0.462. The first-order chi connectivity index (χ1) is 9.13. The third kappa shape index (κ3) is 3.31. The van der Waals surface area contributed by atoms with E-state index in [9.17, 15) is 5.11 Å². The lowest BCUT2D eigenvalue weighted by Crippen LogP contribution is -2.45. The highest BCUT2D eigenvalue weighted by atomic mass is 35.5. The smallest absolute Gasteiger partial charge is 0.123 e. The van der Waals surface area contributed by atoms with E-state index in [-0.39, 0.29) is 18.2 Å². The van der Waals surface area contributed by atoms with Crippen molar-refractivity contribution in [1.82, 2.24) is 10.2 Å². The van der Waals surface area contributed by atoms with Crippen molar-refractivity contribution in [2.45, 2.75) is 12.5 Å². The fourth-order valence-corrected chi connectivity index (χ4v) is 3.00. The van der Waals surface area contributed by atoms with Crippen molar-refractivity contribution >= 4 is 23.2 Å². The van der Waals surface area contributed by atoms with Crippen LogP contribution in [0.1, 0.15) is 18.0 Å². The summed E-state index contributed by atoms with van der Waals surface area (Å²) >= 11 is 12.0. The summed E-state index contributed by atoms with van der Waals surface area (Å²) in [6.45, 7) is 3.39. The van der Waals surface area contributed by atoms with Crippen LogP contribution in [0.5, 0.6) is 5.75 Å². The Balaban J connectivity index is 2.36. The number of halogens is 2. The van der Waals surface area contributed by atoms with E-state index in [1.54, 1.807) is 6.07 Å². The third-order valence-electron chi connectivity index (χ3n) is 3.28. The molecule has 0 aromatic heterocycles. The third-order valence-corrected chi connectivity index (χ3v) is 3.81. The summed E-state index contributed by atoms with van der Waals surface area (Å²) in [6.07, 6.45) is 0.287. The number of benzene rings is 1. The molecule has 2 rings (SSSR count). The van der Waals surface area contributed by atoms with Crippen molar-refractivity contribution < 1.29 is 5.11 Å². The molecule has 1 aromatic rings. The predicted molar refractivity (Wildman–Crippen MR) is 75.5 cm³/mol. The molecule has 0 saturated carbocycles. The Labute approximate surface area is 122 Å². The van der Waals surface area contributed by atoms with Gasteiger partial charge < -0.3 is 10.4 Å². The zero-order valence-electron chi connectivity index (χ0n) is 10.4. The van der Waals surface area contributed by atoms with Gasteiger partial charge in [0.1, 0.15) is 5.75 Å². The first-order valence-corrected chi connectivity index (χ1v) is 6.88. The molecule has 1 heterocycles. The van der Waals surface area contributed by atoms with Gasteiger partial charge in [-0.25, -0.2) is 0 Å². The molecule has 102 valence electrons. The van der Waals surface area contributed by atoms with Gasteiger partial charge in [-0.05, 0) is 12.1 Å². The second-order valence-corrected chi connectivity index (χ2v) is 5.33. The van der Waals surface area contributed by atoms with Gasteiger partial charge in [0.25, 0.3) is 0 Å².